The zero-order valence-corrected chi connectivity index (χ0v) is 20.6. The Hall–Kier alpha value is -1.96. The van der Waals surface area contributed by atoms with E-state index in [-0.39, 0.29) is 0 Å². The van der Waals surface area contributed by atoms with Crippen molar-refractivity contribution in [2.75, 3.05) is 10.6 Å². The first kappa shape index (κ1) is 22.2. The summed E-state index contributed by atoms with van der Waals surface area (Å²) in [4.78, 5) is 0. The molecule has 0 heterocycles. The first-order chi connectivity index (χ1) is 14.8. The van der Waals surface area contributed by atoms with E-state index in [9.17, 15) is 0 Å². The van der Waals surface area contributed by atoms with Crippen LogP contribution in [0.3, 0.4) is 0 Å². The van der Waals surface area contributed by atoms with Gasteiger partial charge in [0.05, 0.1) is 0 Å². The normalized spacial score (nSPS) is 17.0. The van der Waals surface area contributed by atoms with E-state index in [0.717, 1.165) is 6.42 Å². The van der Waals surface area contributed by atoms with Crippen LogP contribution in [0.25, 0.3) is 0 Å². The van der Waals surface area contributed by atoms with E-state index in [1.807, 2.05) is 0 Å². The molecule has 0 unspecified atom stereocenters. The van der Waals surface area contributed by atoms with Crippen molar-refractivity contribution in [2.45, 2.75) is 110 Å². The second-order valence-corrected chi connectivity index (χ2v) is 10.8. The fraction of sp³-hybridized carbons (Fsp3) is 0.586. The van der Waals surface area contributed by atoms with Gasteiger partial charge in [0.15, 0.2) is 0 Å². The number of hydrogen-bond donors (Lipinski definition) is 2. The summed E-state index contributed by atoms with van der Waals surface area (Å²) in [6.07, 6.45) is 9.02. The Labute approximate surface area is 190 Å². The minimum atomic E-state index is 0.531. The quantitative estimate of drug-likeness (QED) is 0.453. The Kier molecular flexibility index (Phi) is 6.65. The molecule has 2 aliphatic rings. The molecule has 0 saturated heterocycles. The van der Waals surface area contributed by atoms with Gasteiger partial charge >= 0.3 is 0 Å². The lowest BCUT2D eigenvalue weighted by molar-refractivity contribution is 0.445. The van der Waals surface area contributed by atoms with E-state index in [4.69, 9.17) is 0 Å². The number of hydrogen-bond acceptors (Lipinski definition) is 2. The van der Waals surface area contributed by atoms with Crippen LogP contribution in [-0.2, 0) is 6.42 Å². The highest BCUT2D eigenvalue weighted by molar-refractivity contribution is 5.63. The lowest BCUT2D eigenvalue weighted by atomic mass is 9.87. The average molecular weight is 419 g/mol. The summed E-state index contributed by atoms with van der Waals surface area (Å²) in [6, 6.07) is 11.1. The molecule has 0 atom stereocenters. The minimum absolute atomic E-state index is 0.531. The minimum Gasteiger partial charge on any atom is -0.382 e. The third-order valence-electron chi connectivity index (χ3n) is 7.41. The van der Waals surface area contributed by atoms with Gasteiger partial charge in [-0.1, -0.05) is 52.0 Å². The number of anilines is 2. The van der Waals surface area contributed by atoms with Gasteiger partial charge in [0.25, 0.3) is 0 Å². The van der Waals surface area contributed by atoms with Crippen molar-refractivity contribution in [3.8, 4) is 0 Å². The fourth-order valence-corrected chi connectivity index (χ4v) is 5.04. The zero-order valence-electron chi connectivity index (χ0n) is 20.6. The van der Waals surface area contributed by atoms with Gasteiger partial charge in [-0.05, 0) is 104 Å². The molecular weight excluding hydrogens is 376 g/mol. The number of aryl methyl sites for hydroxylation is 2. The Morgan fingerprint density at radius 3 is 1.35 bits per heavy atom. The third kappa shape index (κ3) is 4.94. The Morgan fingerprint density at radius 2 is 1.06 bits per heavy atom. The largest absolute Gasteiger partial charge is 0.382 e. The smallest absolute Gasteiger partial charge is 0.0407 e. The summed E-state index contributed by atoms with van der Waals surface area (Å²) in [6.45, 7) is 13.9. The first-order valence-electron chi connectivity index (χ1n) is 12.6. The van der Waals surface area contributed by atoms with Crippen molar-refractivity contribution < 1.29 is 0 Å². The second-order valence-electron chi connectivity index (χ2n) is 10.8. The van der Waals surface area contributed by atoms with Gasteiger partial charge in [0.2, 0.25) is 0 Å². The van der Waals surface area contributed by atoms with Crippen LogP contribution in [-0.4, -0.2) is 12.1 Å². The lowest BCUT2D eigenvalue weighted by Crippen LogP contribution is -2.28. The van der Waals surface area contributed by atoms with Gasteiger partial charge in [-0.2, -0.15) is 0 Å². The Morgan fingerprint density at radius 1 is 0.677 bits per heavy atom. The van der Waals surface area contributed by atoms with Crippen molar-refractivity contribution in [2.24, 2.45) is 0 Å². The first-order valence-corrected chi connectivity index (χ1v) is 12.6. The van der Waals surface area contributed by atoms with Gasteiger partial charge in [-0.3, -0.25) is 0 Å². The predicted molar refractivity (Wildman–Crippen MR) is 136 cm³/mol. The maximum absolute atomic E-state index is 3.85. The van der Waals surface area contributed by atoms with Crippen molar-refractivity contribution in [1.82, 2.24) is 0 Å². The van der Waals surface area contributed by atoms with Gasteiger partial charge < -0.3 is 10.6 Å². The molecule has 0 bridgehead atoms. The maximum atomic E-state index is 3.85. The Balaban J connectivity index is 1.62. The van der Waals surface area contributed by atoms with E-state index in [2.05, 4.69) is 76.4 Å². The molecule has 2 nitrogen and oxygen atoms in total. The molecule has 2 aromatic rings. The highest BCUT2D eigenvalue weighted by Gasteiger charge is 2.22. The highest BCUT2D eigenvalue weighted by atomic mass is 14.9. The molecule has 168 valence electrons. The molecule has 0 aliphatic heterocycles. The van der Waals surface area contributed by atoms with E-state index in [0.29, 0.717) is 23.9 Å². The predicted octanol–water partition coefficient (Wildman–Crippen LogP) is 8.07. The van der Waals surface area contributed by atoms with Crippen LogP contribution in [0.5, 0.6) is 0 Å². The number of benzene rings is 2. The number of rotatable bonds is 8. The summed E-state index contributed by atoms with van der Waals surface area (Å²) in [5.41, 5.74) is 11.4. The van der Waals surface area contributed by atoms with Crippen LogP contribution >= 0.6 is 0 Å². The Bertz CT molecular complexity index is 841. The van der Waals surface area contributed by atoms with Crippen LogP contribution in [0, 0.1) is 13.8 Å². The molecule has 31 heavy (non-hydrogen) atoms. The number of nitrogens with one attached hydrogen (secondary N) is 2. The molecule has 2 aliphatic carbocycles. The molecule has 2 fully saturated rings. The fourth-order valence-electron chi connectivity index (χ4n) is 5.04. The molecule has 2 saturated carbocycles. The summed E-state index contributed by atoms with van der Waals surface area (Å²) in [5.74, 6) is 1.06. The van der Waals surface area contributed by atoms with Crippen molar-refractivity contribution in [3.05, 3.63) is 57.6 Å². The van der Waals surface area contributed by atoms with Crippen molar-refractivity contribution in [3.63, 3.8) is 0 Å². The van der Waals surface area contributed by atoms with Gasteiger partial charge in [-0.15, -0.1) is 0 Å². The molecule has 0 radical (unpaired) electrons. The van der Waals surface area contributed by atoms with Gasteiger partial charge in [0.1, 0.15) is 0 Å². The van der Waals surface area contributed by atoms with Crippen molar-refractivity contribution >= 4 is 11.4 Å². The van der Waals surface area contributed by atoms with E-state index in [1.54, 1.807) is 0 Å². The topological polar surface area (TPSA) is 24.1 Å². The lowest BCUT2D eigenvalue weighted by Gasteiger charge is -2.31. The molecule has 0 amide bonds. The average Bonchev–Trinajstić information content (AvgIpc) is 2.62. The molecule has 2 heteroatoms. The van der Waals surface area contributed by atoms with Gasteiger partial charge in [0, 0.05) is 23.5 Å². The van der Waals surface area contributed by atoms with E-state index < -0.39 is 0 Å². The summed E-state index contributed by atoms with van der Waals surface area (Å²) in [7, 11) is 0. The molecular formula is C29H42N2. The molecule has 2 aromatic carbocycles. The molecule has 4 rings (SSSR count). The SMILES string of the molecule is Cc1cc(Cc2cc(C)c(NC3CCC3)c(C(C)C)c2)cc(C(C)C)c1NC1CCC1. The van der Waals surface area contributed by atoms with Crippen LogP contribution in [0.4, 0.5) is 11.4 Å². The second kappa shape index (κ2) is 9.27. The van der Waals surface area contributed by atoms with Gasteiger partial charge in [-0.25, -0.2) is 0 Å². The van der Waals surface area contributed by atoms with E-state index >= 15 is 0 Å². The molecule has 2 N–H and O–H groups in total. The monoisotopic (exact) mass is 418 g/mol. The van der Waals surface area contributed by atoms with Crippen LogP contribution in [0.2, 0.25) is 0 Å². The molecule has 0 spiro atoms. The highest BCUT2D eigenvalue weighted by Crippen LogP contribution is 2.36. The van der Waals surface area contributed by atoms with Crippen molar-refractivity contribution in [1.29, 1.82) is 0 Å². The van der Waals surface area contributed by atoms with Crippen LogP contribution < -0.4 is 10.6 Å². The summed E-state index contributed by atoms with van der Waals surface area (Å²) < 4.78 is 0. The summed E-state index contributed by atoms with van der Waals surface area (Å²) in [5, 5.41) is 7.70. The van der Waals surface area contributed by atoms with Crippen LogP contribution in [0.1, 0.15) is 111 Å². The van der Waals surface area contributed by atoms with Crippen LogP contribution in [0.15, 0.2) is 24.3 Å². The summed E-state index contributed by atoms with van der Waals surface area (Å²) >= 11 is 0. The molecule has 0 aromatic heterocycles. The standard InChI is InChI=1S/C29H42N2/c1-18(2)26-16-22(13-20(5)28(26)30-24-9-7-10-24)15-23-14-21(6)29(27(17-23)19(3)4)31-25-11-8-12-25/h13-14,16-19,24-25,30-31H,7-12,15H2,1-6H3. The van der Waals surface area contributed by atoms with E-state index in [1.165, 1.54) is 83.3 Å². The zero-order chi connectivity index (χ0) is 22.1. The third-order valence-corrected chi connectivity index (χ3v) is 7.41. The maximum Gasteiger partial charge on any atom is 0.0407 e.